The van der Waals surface area contributed by atoms with Gasteiger partial charge in [0.1, 0.15) is 6.33 Å². The molecule has 0 bridgehead atoms. The van der Waals surface area contributed by atoms with E-state index in [-0.39, 0.29) is 22.9 Å². The zero-order valence-corrected chi connectivity index (χ0v) is 14.3. The van der Waals surface area contributed by atoms with Gasteiger partial charge in [-0.2, -0.15) is 0 Å². The van der Waals surface area contributed by atoms with Crippen molar-refractivity contribution in [3.05, 3.63) is 56.4 Å². The normalized spacial score (nSPS) is 10.1. The van der Waals surface area contributed by atoms with E-state index < -0.39 is 21.4 Å². The van der Waals surface area contributed by atoms with Crippen LogP contribution >= 0.6 is 0 Å². The Labute approximate surface area is 153 Å². The quantitative estimate of drug-likeness (QED) is 0.338. The number of carbonyl (C=O) groups is 1. The van der Waals surface area contributed by atoms with Crippen molar-refractivity contribution < 1.29 is 14.6 Å². The summed E-state index contributed by atoms with van der Waals surface area (Å²) < 4.78 is 0. The van der Waals surface area contributed by atoms with Crippen LogP contribution in [0.15, 0.2) is 30.6 Å². The first-order valence-electron chi connectivity index (χ1n) is 7.98. The molecule has 0 atom stereocenters. The number of nitro groups is 2. The zero-order valence-electron chi connectivity index (χ0n) is 14.3. The molecule has 0 aliphatic heterocycles. The van der Waals surface area contributed by atoms with Crippen molar-refractivity contribution in [3.8, 4) is 0 Å². The fourth-order valence-electron chi connectivity index (χ4n) is 2.10. The van der Waals surface area contributed by atoms with Gasteiger partial charge in [-0.05, 0) is 12.5 Å². The van der Waals surface area contributed by atoms with Crippen LogP contribution in [-0.4, -0.2) is 32.3 Å². The molecule has 0 spiro atoms. The van der Waals surface area contributed by atoms with Gasteiger partial charge in [0, 0.05) is 24.2 Å². The van der Waals surface area contributed by atoms with Gasteiger partial charge in [-0.15, -0.1) is 0 Å². The summed E-state index contributed by atoms with van der Waals surface area (Å²) >= 11 is 0. The topological polar surface area (TPSA) is 165 Å². The molecule has 0 aliphatic carbocycles. The molecule has 142 valence electrons. The number of rotatable bonds is 9. The SMILES string of the molecule is CCCCNc1ncnc(NNC(=O)c2cccc([N+](=O)[O-])c2)c1[N+](=O)[O-]. The van der Waals surface area contributed by atoms with Gasteiger partial charge in [0.05, 0.1) is 9.85 Å². The maximum Gasteiger partial charge on any atom is 0.354 e. The molecule has 2 rings (SSSR count). The van der Waals surface area contributed by atoms with Crippen molar-refractivity contribution in [2.75, 3.05) is 17.3 Å². The summed E-state index contributed by atoms with van der Waals surface area (Å²) in [4.78, 5) is 40.6. The van der Waals surface area contributed by atoms with Gasteiger partial charge in [0.2, 0.25) is 11.6 Å². The van der Waals surface area contributed by atoms with Gasteiger partial charge in [-0.25, -0.2) is 9.97 Å². The van der Waals surface area contributed by atoms with Crippen LogP contribution in [0.2, 0.25) is 0 Å². The predicted octanol–water partition coefficient (Wildman–Crippen LogP) is 2.26. The molecule has 0 unspecified atom stereocenters. The average molecular weight is 375 g/mol. The highest BCUT2D eigenvalue weighted by molar-refractivity contribution is 5.95. The summed E-state index contributed by atoms with van der Waals surface area (Å²) in [5.41, 5.74) is 3.94. The van der Waals surface area contributed by atoms with Crippen LogP contribution in [0.4, 0.5) is 23.0 Å². The zero-order chi connectivity index (χ0) is 19.8. The van der Waals surface area contributed by atoms with E-state index in [2.05, 4.69) is 26.1 Å². The summed E-state index contributed by atoms with van der Waals surface area (Å²) in [6.45, 7) is 2.47. The summed E-state index contributed by atoms with van der Waals surface area (Å²) in [7, 11) is 0. The number of hydrazine groups is 1. The number of anilines is 2. The second-order valence-corrected chi connectivity index (χ2v) is 5.34. The molecule has 1 aromatic carbocycles. The fraction of sp³-hybridized carbons (Fsp3) is 0.267. The smallest absolute Gasteiger partial charge is 0.354 e. The molecular formula is C15H17N7O5. The molecular weight excluding hydrogens is 358 g/mol. The third-order valence-electron chi connectivity index (χ3n) is 3.44. The van der Waals surface area contributed by atoms with Crippen molar-refractivity contribution in [2.24, 2.45) is 0 Å². The van der Waals surface area contributed by atoms with Gasteiger partial charge in [-0.1, -0.05) is 19.4 Å². The molecule has 1 aromatic heterocycles. The summed E-state index contributed by atoms with van der Waals surface area (Å²) in [6.07, 6.45) is 2.81. The minimum absolute atomic E-state index is 0.00898. The lowest BCUT2D eigenvalue weighted by Gasteiger charge is -2.10. The van der Waals surface area contributed by atoms with Crippen molar-refractivity contribution in [2.45, 2.75) is 19.8 Å². The van der Waals surface area contributed by atoms with Crippen molar-refractivity contribution >= 4 is 28.9 Å². The molecule has 1 heterocycles. The molecule has 0 saturated carbocycles. The molecule has 0 fully saturated rings. The van der Waals surface area contributed by atoms with Crippen LogP contribution in [-0.2, 0) is 0 Å². The molecule has 12 heteroatoms. The molecule has 12 nitrogen and oxygen atoms in total. The average Bonchev–Trinajstić information content (AvgIpc) is 2.66. The summed E-state index contributed by atoms with van der Waals surface area (Å²) in [5, 5.41) is 25.0. The maximum atomic E-state index is 12.1. The molecule has 27 heavy (non-hydrogen) atoms. The number of benzene rings is 1. The number of nitrogens with one attached hydrogen (secondary N) is 3. The van der Waals surface area contributed by atoms with Gasteiger partial charge in [0.15, 0.2) is 0 Å². The highest BCUT2D eigenvalue weighted by atomic mass is 16.6. The number of nitrogens with zero attached hydrogens (tertiary/aromatic N) is 4. The highest BCUT2D eigenvalue weighted by Crippen LogP contribution is 2.28. The maximum absolute atomic E-state index is 12.1. The summed E-state index contributed by atoms with van der Waals surface area (Å²) in [5.74, 6) is -0.907. The Kier molecular flexibility index (Phi) is 6.52. The van der Waals surface area contributed by atoms with Crippen LogP contribution in [0, 0.1) is 20.2 Å². The number of carbonyl (C=O) groups excluding carboxylic acids is 1. The number of aromatic nitrogens is 2. The van der Waals surface area contributed by atoms with Crippen molar-refractivity contribution in [3.63, 3.8) is 0 Å². The summed E-state index contributed by atoms with van der Waals surface area (Å²) in [6, 6.07) is 5.06. The van der Waals surface area contributed by atoms with E-state index in [1.165, 1.54) is 18.2 Å². The number of hydrogen-bond acceptors (Lipinski definition) is 9. The molecule has 3 N–H and O–H groups in total. The van der Waals surface area contributed by atoms with Crippen LogP contribution in [0.1, 0.15) is 30.1 Å². The van der Waals surface area contributed by atoms with Crippen LogP contribution in [0.25, 0.3) is 0 Å². The first-order chi connectivity index (χ1) is 12.9. The van der Waals surface area contributed by atoms with E-state index in [0.717, 1.165) is 25.2 Å². The van der Waals surface area contributed by atoms with Gasteiger partial charge >= 0.3 is 5.69 Å². The number of hydrogen-bond donors (Lipinski definition) is 3. The second kappa shape index (κ2) is 9.03. The van der Waals surface area contributed by atoms with E-state index in [1.54, 1.807) is 0 Å². The fourth-order valence-corrected chi connectivity index (χ4v) is 2.10. The van der Waals surface area contributed by atoms with Crippen LogP contribution < -0.4 is 16.2 Å². The van der Waals surface area contributed by atoms with Crippen molar-refractivity contribution in [1.82, 2.24) is 15.4 Å². The highest BCUT2D eigenvalue weighted by Gasteiger charge is 2.23. The Bertz CT molecular complexity index is 858. The van der Waals surface area contributed by atoms with E-state index in [9.17, 15) is 25.0 Å². The third kappa shape index (κ3) is 5.07. The number of unbranched alkanes of at least 4 members (excludes halogenated alkanes) is 1. The molecule has 0 aliphatic rings. The first kappa shape index (κ1) is 19.5. The molecule has 2 aromatic rings. The molecule has 0 saturated heterocycles. The Morgan fingerprint density at radius 2 is 1.89 bits per heavy atom. The Morgan fingerprint density at radius 3 is 2.56 bits per heavy atom. The van der Waals surface area contributed by atoms with Gasteiger partial charge in [-0.3, -0.25) is 35.9 Å². The monoisotopic (exact) mass is 375 g/mol. The Morgan fingerprint density at radius 1 is 1.15 bits per heavy atom. The number of non-ortho nitro benzene ring substituents is 1. The first-order valence-corrected chi connectivity index (χ1v) is 7.98. The number of amides is 1. The minimum Gasteiger partial charge on any atom is -0.364 e. The standard InChI is InChI=1S/C15H17N7O5/c1-2-3-7-16-13-12(22(26)27)14(18-9-17-13)19-20-15(23)10-5-4-6-11(8-10)21(24)25/h4-6,8-9H,2-3,7H2,1H3,(H,20,23)(H2,16,17,18,19). The second-order valence-electron chi connectivity index (χ2n) is 5.34. The van der Waals surface area contributed by atoms with Gasteiger partial charge < -0.3 is 5.32 Å². The Hall–Kier alpha value is -3.83. The van der Waals surface area contributed by atoms with E-state index in [4.69, 9.17) is 0 Å². The van der Waals surface area contributed by atoms with E-state index in [1.807, 2.05) is 6.92 Å². The lowest BCUT2D eigenvalue weighted by atomic mass is 10.2. The predicted molar refractivity (Wildman–Crippen MR) is 96.3 cm³/mol. The largest absolute Gasteiger partial charge is 0.364 e. The van der Waals surface area contributed by atoms with Crippen LogP contribution in [0.5, 0.6) is 0 Å². The van der Waals surface area contributed by atoms with E-state index >= 15 is 0 Å². The van der Waals surface area contributed by atoms with Crippen molar-refractivity contribution in [1.29, 1.82) is 0 Å². The van der Waals surface area contributed by atoms with E-state index in [0.29, 0.717) is 6.54 Å². The number of nitro benzene ring substituents is 1. The molecule has 1 amide bonds. The lowest BCUT2D eigenvalue weighted by Crippen LogP contribution is -2.30. The minimum atomic E-state index is -0.716. The lowest BCUT2D eigenvalue weighted by molar-refractivity contribution is -0.384. The Balaban J connectivity index is 2.16. The van der Waals surface area contributed by atoms with Gasteiger partial charge in [0.25, 0.3) is 11.6 Å². The third-order valence-corrected chi connectivity index (χ3v) is 3.44. The molecule has 0 radical (unpaired) electrons. The van der Waals surface area contributed by atoms with Crippen LogP contribution in [0.3, 0.4) is 0 Å².